The van der Waals surface area contributed by atoms with Gasteiger partial charge in [-0.15, -0.1) is 0 Å². The Hall–Kier alpha value is -1.26. The normalized spacial score (nSPS) is 19.8. The largest absolute Gasteiger partial charge is 0.450 e. The highest BCUT2D eigenvalue weighted by Crippen LogP contribution is 2.12. The zero-order chi connectivity index (χ0) is 13.5. The lowest BCUT2D eigenvalue weighted by Gasteiger charge is -2.32. The highest BCUT2D eigenvalue weighted by Gasteiger charge is 2.25. The molecule has 1 unspecified atom stereocenters. The number of nitrogens with zero attached hydrogens (tertiary/aromatic N) is 1. The molecule has 5 heteroatoms. The second-order valence-corrected chi connectivity index (χ2v) is 5.15. The van der Waals surface area contributed by atoms with Gasteiger partial charge < -0.3 is 15.0 Å². The van der Waals surface area contributed by atoms with E-state index in [4.69, 9.17) is 4.74 Å². The SMILES string of the molecule is CCOC(=O)N1CCCC(NC(=O)CC(C)C)C1. The van der Waals surface area contributed by atoms with Gasteiger partial charge in [0, 0.05) is 25.6 Å². The molecule has 1 rings (SSSR count). The Morgan fingerprint density at radius 1 is 1.44 bits per heavy atom. The van der Waals surface area contributed by atoms with Crippen LogP contribution in [0.25, 0.3) is 0 Å². The van der Waals surface area contributed by atoms with Crippen molar-refractivity contribution < 1.29 is 14.3 Å². The van der Waals surface area contributed by atoms with Gasteiger partial charge in [-0.05, 0) is 25.7 Å². The van der Waals surface area contributed by atoms with Crippen LogP contribution in [0.2, 0.25) is 0 Å². The Kier molecular flexibility index (Phi) is 5.95. The van der Waals surface area contributed by atoms with Gasteiger partial charge in [-0.3, -0.25) is 4.79 Å². The summed E-state index contributed by atoms with van der Waals surface area (Å²) >= 11 is 0. The molecule has 0 bridgehead atoms. The molecule has 1 heterocycles. The van der Waals surface area contributed by atoms with Crippen molar-refractivity contribution in [3.8, 4) is 0 Å². The first-order chi connectivity index (χ1) is 8.52. The van der Waals surface area contributed by atoms with Crippen molar-refractivity contribution >= 4 is 12.0 Å². The molecule has 1 atom stereocenters. The van der Waals surface area contributed by atoms with Gasteiger partial charge in [0.2, 0.25) is 5.91 Å². The van der Waals surface area contributed by atoms with Gasteiger partial charge in [0.1, 0.15) is 0 Å². The monoisotopic (exact) mass is 256 g/mol. The molecule has 1 fully saturated rings. The van der Waals surface area contributed by atoms with Crippen LogP contribution in [0.1, 0.15) is 40.0 Å². The highest BCUT2D eigenvalue weighted by atomic mass is 16.6. The van der Waals surface area contributed by atoms with Crippen LogP contribution in [-0.2, 0) is 9.53 Å². The molecule has 0 aliphatic carbocycles. The molecule has 18 heavy (non-hydrogen) atoms. The first-order valence-electron chi connectivity index (χ1n) is 6.74. The number of hydrogen-bond donors (Lipinski definition) is 1. The van der Waals surface area contributed by atoms with Crippen LogP contribution < -0.4 is 5.32 Å². The van der Waals surface area contributed by atoms with Crippen molar-refractivity contribution in [3.63, 3.8) is 0 Å². The molecule has 1 saturated heterocycles. The fourth-order valence-electron chi connectivity index (χ4n) is 2.13. The minimum Gasteiger partial charge on any atom is -0.450 e. The topological polar surface area (TPSA) is 58.6 Å². The van der Waals surface area contributed by atoms with E-state index in [0.29, 0.717) is 25.5 Å². The van der Waals surface area contributed by atoms with E-state index in [1.165, 1.54) is 0 Å². The van der Waals surface area contributed by atoms with Crippen LogP contribution in [0.4, 0.5) is 4.79 Å². The smallest absolute Gasteiger partial charge is 0.409 e. The van der Waals surface area contributed by atoms with Crippen molar-refractivity contribution in [2.75, 3.05) is 19.7 Å². The van der Waals surface area contributed by atoms with Gasteiger partial charge in [-0.1, -0.05) is 13.8 Å². The molecule has 0 spiro atoms. The first-order valence-corrected chi connectivity index (χ1v) is 6.74. The van der Waals surface area contributed by atoms with Crippen LogP contribution in [0.3, 0.4) is 0 Å². The first kappa shape index (κ1) is 14.8. The number of piperidine rings is 1. The molecular formula is C13H24N2O3. The van der Waals surface area contributed by atoms with Crippen molar-refractivity contribution in [3.05, 3.63) is 0 Å². The third-order valence-corrected chi connectivity index (χ3v) is 2.91. The minimum absolute atomic E-state index is 0.0643. The summed E-state index contributed by atoms with van der Waals surface area (Å²) in [6.07, 6.45) is 2.10. The number of rotatable bonds is 4. The third kappa shape index (κ3) is 4.94. The lowest BCUT2D eigenvalue weighted by Crippen LogP contribution is -2.49. The van der Waals surface area contributed by atoms with Crippen LogP contribution in [-0.4, -0.2) is 42.6 Å². The summed E-state index contributed by atoms with van der Waals surface area (Å²) in [5, 5.41) is 2.99. The maximum Gasteiger partial charge on any atom is 0.409 e. The van der Waals surface area contributed by atoms with E-state index in [1.807, 2.05) is 13.8 Å². The van der Waals surface area contributed by atoms with Gasteiger partial charge in [-0.2, -0.15) is 0 Å². The average Bonchev–Trinajstić information content (AvgIpc) is 2.28. The summed E-state index contributed by atoms with van der Waals surface area (Å²) in [6, 6.07) is 0.0643. The van der Waals surface area contributed by atoms with Gasteiger partial charge in [0.05, 0.1) is 6.61 Å². The molecule has 0 saturated carbocycles. The summed E-state index contributed by atoms with van der Waals surface area (Å²) in [7, 11) is 0. The number of nitrogens with one attached hydrogen (secondary N) is 1. The molecule has 5 nitrogen and oxygen atoms in total. The van der Waals surface area contributed by atoms with E-state index in [1.54, 1.807) is 11.8 Å². The van der Waals surface area contributed by atoms with Crippen molar-refractivity contribution in [1.82, 2.24) is 10.2 Å². The Labute approximate surface area is 109 Å². The molecule has 1 aliphatic heterocycles. The Morgan fingerprint density at radius 2 is 2.17 bits per heavy atom. The van der Waals surface area contributed by atoms with E-state index in [9.17, 15) is 9.59 Å². The van der Waals surface area contributed by atoms with E-state index in [0.717, 1.165) is 19.4 Å². The number of amides is 2. The molecular weight excluding hydrogens is 232 g/mol. The summed E-state index contributed by atoms with van der Waals surface area (Å²) in [6.45, 7) is 7.50. The van der Waals surface area contributed by atoms with Gasteiger partial charge in [0.25, 0.3) is 0 Å². The lowest BCUT2D eigenvalue weighted by molar-refractivity contribution is -0.122. The molecule has 2 amide bonds. The van der Waals surface area contributed by atoms with Gasteiger partial charge in [0.15, 0.2) is 0 Å². The maximum absolute atomic E-state index is 11.7. The number of carbonyl (C=O) groups excluding carboxylic acids is 2. The zero-order valence-electron chi connectivity index (χ0n) is 11.6. The molecule has 0 aromatic rings. The van der Waals surface area contributed by atoms with Crippen molar-refractivity contribution in [1.29, 1.82) is 0 Å². The number of hydrogen-bond acceptors (Lipinski definition) is 3. The number of likely N-dealkylation sites (tertiary alicyclic amines) is 1. The third-order valence-electron chi connectivity index (χ3n) is 2.91. The number of ether oxygens (including phenoxy) is 1. The van der Waals surface area contributed by atoms with Crippen LogP contribution >= 0.6 is 0 Å². The predicted octanol–water partition coefficient (Wildman–Crippen LogP) is 1.77. The lowest BCUT2D eigenvalue weighted by atomic mass is 10.0. The molecule has 104 valence electrons. The van der Waals surface area contributed by atoms with E-state index in [2.05, 4.69) is 5.32 Å². The second kappa shape index (κ2) is 7.24. The molecule has 0 aromatic heterocycles. The van der Waals surface area contributed by atoms with E-state index >= 15 is 0 Å². The Bertz CT molecular complexity index is 292. The molecule has 0 radical (unpaired) electrons. The average molecular weight is 256 g/mol. The second-order valence-electron chi connectivity index (χ2n) is 5.15. The molecule has 1 N–H and O–H groups in total. The van der Waals surface area contributed by atoms with Crippen LogP contribution in [0, 0.1) is 5.92 Å². The maximum atomic E-state index is 11.7. The fraction of sp³-hybridized carbons (Fsp3) is 0.846. The molecule has 1 aliphatic rings. The summed E-state index contributed by atoms with van der Waals surface area (Å²) in [5.74, 6) is 0.426. The standard InChI is InChI=1S/C13H24N2O3/c1-4-18-13(17)15-7-5-6-11(9-15)14-12(16)8-10(2)3/h10-11H,4-9H2,1-3H3,(H,14,16). The Balaban J connectivity index is 2.39. The van der Waals surface area contributed by atoms with Crippen molar-refractivity contribution in [2.45, 2.75) is 46.1 Å². The van der Waals surface area contributed by atoms with Crippen LogP contribution in [0.5, 0.6) is 0 Å². The minimum atomic E-state index is -0.277. The highest BCUT2D eigenvalue weighted by molar-refractivity contribution is 5.76. The van der Waals surface area contributed by atoms with Gasteiger partial charge >= 0.3 is 6.09 Å². The van der Waals surface area contributed by atoms with Crippen molar-refractivity contribution in [2.24, 2.45) is 5.92 Å². The summed E-state index contributed by atoms with van der Waals surface area (Å²) in [4.78, 5) is 25.0. The van der Waals surface area contributed by atoms with E-state index in [-0.39, 0.29) is 18.0 Å². The van der Waals surface area contributed by atoms with E-state index < -0.39 is 0 Å². The van der Waals surface area contributed by atoms with Crippen LogP contribution in [0.15, 0.2) is 0 Å². The predicted molar refractivity (Wildman–Crippen MR) is 69.2 cm³/mol. The fourth-order valence-corrected chi connectivity index (χ4v) is 2.13. The quantitative estimate of drug-likeness (QED) is 0.834. The zero-order valence-corrected chi connectivity index (χ0v) is 11.6. The Morgan fingerprint density at radius 3 is 2.78 bits per heavy atom. The number of carbonyl (C=O) groups is 2. The summed E-state index contributed by atoms with van der Waals surface area (Å²) in [5.41, 5.74) is 0. The van der Waals surface area contributed by atoms with Gasteiger partial charge in [-0.25, -0.2) is 4.79 Å². The summed E-state index contributed by atoms with van der Waals surface area (Å²) < 4.78 is 4.97. The molecule has 0 aromatic carbocycles.